The second-order valence-corrected chi connectivity index (χ2v) is 22.6. The van der Waals surface area contributed by atoms with E-state index in [1.807, 2.05) is 41.5 Å². The van der Waals surface area contributed by atoms with E-state index >= 15 is 0 Å². The van der Waals surface area contributed by atoms with E-state index in [1.165, 1.54) is 0 Å². The topological polar surface area (TPSA) is 46.6 Å². The third-order valence-corrected chi connectivity index (χ3v) is 26.8. The molecule has 0 saturated carbocycles. The zero-order valence-corrected chi connectivity index (χ0v) is 20.6. The van der Waals surface area contributed by atoms with Crippen molar-refractivity contribution >= 4 is 20.8 Å². The Morgan fingerprint density at radius 1 is 0.792 bits per heavy atom. The molecule has 7 heteroatoms. The molecule has 0 saturated heterocycles. The molecule has 0 rings (SSSR count). The fraction of sp³-hybridized carbons (Fsp3) is 1.00. The molecule has 0 aromatic rings. The molecule has 0 aliphatic rings. The molecule has 0 aliphatic carbocycles. The van der Waals surface area contributed by atoms with Gasteiger partial charge in [0, 0.05) is 32.8 Å². The van der Waals surface area contributed by atoms with Gasteiger partial charge in [0.1, 0.15) is 7.12 Å². The van der Waals surface area contributed by atoms with Crippen LogP contribution in [0, 0.1) is 0 Å². The van der Waals surface area contributed by atoms with Gasteiger partial charge in [-0.2, -0.15) is 0 Å². The van der Waals surface area contributed by atoms with E-state index in [2.05, 4.69) is 43.7 Å². The average molecular weight is 398 g/mol. The zero-order valence-electron chi connectivity index (χ0n) is 17.9. The first-order valence-corrected chi connectivity index (χ1v) is 15.7. The smallest absolute Gasteiger partial charge is 0.267 e. The number of hydrogen-bond donors (Lipinski definition) is 0. The maximum absolute atomic E-state index is 14.4. The quantitative estimate of drug-likeness (QED) is 0.517. The van der Waals surface area contributed by atoms with E-state index in [4.69, 9.17) is 0 Å². The summed E-state index contributed by atoms with van der Waals surface area (Å²) in [5, 5.41) is -0.944. The molecule has 0 N–H and O–H groups in total. The highest BCUT2D eigenvalue weighted by atomic mass is 32.3. The van der Waals surface area contributed by atoms with Crippen molar-refractivity contribution in [3.05, 3.63) is 0 Å². The number of nitrogens with zero attached hydrogens (tertiary/aromatic N) is 2. The molecule has 4 nitrogen and oxygen atoms in total. The van der Waals surface area contributed by atoms with Crippen molar-refractivity contribution in [3.8, 4) is 0 Å². The van der Waals surface area contributed by atoms with E-state index in [1.54, 1.807) is 0 Å². The van der Waals surface area contributed by atoms with Crippen LogP contribution in [0.1, 0.15) is 69.2 Å². The van der Waals surface area contributed by atoms with Crippen molar-refractivity contribution in [3.63, 3.8) is 0 Å². The average Bonchev–Trinajstić information content (AvgIpc) is 2.45. The lowest BCUT2D eigenvalue weighted by atomic mass is 10.2. The predicted molar refractivity (Wildman–Crippen MR) is 113 cm³/mol. The Bertz CT molecular complexity index is 477. The molecule has 0 heterocycles. The molecule has 1 unspecified atom stereocenters. The zero-order chi connectivity index (χ0) is 19.6. The molecule has 0 fully saturated rings. The number of hydrogen-bond acceptors (Lipinski definition) is 2. The van der Waals surface area contributed by atoms with Gasteiger partial charge in [0.05, 0.1) is 10.3 Å². The maximum atomic E-state index is 14.4. The van der Waals surface area contributed by atoms with Crippen LogP contribution in [-0.4, -0.2) is 52.5 Å². The first-order valence-electron chi connectivity index (χ1n) is 9.15. The summed E-state index contributed by atoms with van der Waals surface area (Å²) in [6, 6.07) is 0. The second kappa shape index (κ2) is 8.69. The summed E-state index contributed by atoms with van der Waals surface area (Å²) in [5.41, 5.74) is 0. The van der Waals surface area contributed by atoms with Gasteiger partial charge in [-0.1, -0.05) is 27.7 Å². The molecule has 0 radical (unpaired) electrons. The minimum Gasteiger partial charge on any atom is -0.627 e. The molecular weight excluding hydrogens is 357 g/mol. The van der Waals surface area contributed by atoms with Crippen LogP contribution in [0.5, 0.6) is 0 Å². The summed E-state index contributed by atoms with van der Waals surface area (Å²) in [6.07, 6.45) is 0. The highest BCUT2D eigenvalue weighted by Gasteiger charge is 2.57. The Morgan fingerprint density at radius 2 is 1.04 bits per heavy atom. The molecule has 0 spiro atoms. The van der Waals surface area contributed by atoms with Crippen molar-refractivity contribution in [2.75, 3.05) is 32.8 Å². The summed E-state index contributed by atoms with van der Waals surface area (Å²) in [5.74, 6) is 0. The molecule has 0 aromatic carbocycles. The summed E-state index contributed by atoms with van der Waals surface area (Å²) < 4.78 is 19.0. The first kappa shape index (κ1) is 24.8. The third kappa shape index (κ3) is 4.21. The van der Waals surface area contributed by atoms with Crippen LogP contribution in [-0.2, 0) is 4.57 Å². The largest absolute Gasteiger partial charge is 0.627 e. The lowest BCUT2D eigenvalue weighted by Crippen LogP contribution is -2.34. The van der Waals surface area contributed by atoms with Gasteiger partial charge in [-0.25, -0.2) is 9.34 Å². The van der Waals surface area contributed by atoms with Crippen molar-refractivity contribution in [2.24, 2.45) is 0 Å². The van der Waals surface area contributed by atoms with Crippen LogP contribution in [0.25, 0.3) is 0 Å². The molecule has 0 aliphatic heterocycles. The van der Waals surface area contributed by atoms with Crippen LogP contribution in [0.2, 0.25) is 0 Å². The summed E-state index contributed by atoms with van der Waals surface area (Å²) >= 11 is 0. The predicted octanol–water partition coefficient (Wildman–Crippen LogP) is 5.69. The molecule has 0 bridgehead atoms. The van der Waals surface area contributed by atoms with Gasteiger partial charge in [0.25, 0.3) is 6.83 Å². The van der Waals surface area contributed by atoms with Gasteiger partial charge in [-0.05, 0) is 41.5 Å². The lowest BCUT2D eigenvalue weighted by Gasteiger charge is -2.44. The van der Waals surface area contributed by atoms with Crippen LogP contribution in [0.4, 0.5) is 0 Å². The van der Waals surface area contributed by atoms with Crippen molar-refractivity contribution in [1.29, 1.82) is 0 Å². The molecule has 0 aromatic heterocycles. The van der Waals surface area contributed by atoms with Gasteiger partial charge in [0.15, 0.2) is 6.85 Å². The second-order valence-electron chi connectivity index (χ2n) is 8.32. The van der Waals surface area contributed by atoms with E-state index in [0.717, 1.165) is 26.2 Å². The minimum atomic E-state index is -2.98. The van der Waals surface area contributed by atoms with Gasteiger partial charge in [-0.3, -0.25) is 4.57 Å². The van der Waals surface area contributed by atoms with Crippen molar-refractivity contribution in [2.45, 2.75) is 79.5 Å². The van der Waals surface area contributed by atoms with Gasteiger partial charge >= 0.3 is 0 Å². The van der Waals surface area contributed by atoms with E-state index < -0.39 is 31.1 Å². The number of rotatable bonds is 7. The lowest BCUT2D eigenvalue weighted by molar-refractivity contribution is -0.147. The summed E-state index contributed by atoms with van der Waals surface area (Å²) in [6.45, 7) is 20.8. The molecule has 1 atom stereocenters. The summed E-state index contributed by atoms with van der Waals surface area (Å²) in [7, 11) is -1.88. The fourth-order valence-corrected chi connectivity index (χ4v) is 28.6. The fourth-order valence-electron chi connectivity index (χ4n) is 3.67. The highest BCUT2D eigenvalue weighted by molar-refractivity contribution is 8.45. The van der Waals surface area contributed by atoms with E-state index in [0.29, 0.717) is 0 Å². The van der Waals surface area contributed by atoms with E-state index in [-0.39, 0.29) is 0 Å². The molecule has 24 heavy (non-hydrogen) atoms. The third-order valence-electron chi connectivity index (χ3n) is 4.92. The Morgan fingerprint density at radius 3 is 1.21 bits per heavy atom. The van der Waals surface area contributed by atoms with E-state index in [9.17, 15) is 9.46 Å². The summed E-state index contributed by atoms with van der Waals surface area (Å²) in [4.78, 5) is 14.1. The van der Waals surface area contributed by atoms with Crippen LogP contribution >= 0.6 is 20.8 Å². The Labute approximate surface area is 152 Å². The van der Waals surface area contributed by atoms with Crippen molar-refractivity contribution in [1.82, 2.24) is 9.34 Å². The first-order chi connectivity index (χ1) is 10.7. The normalized spacial score (nSPS) is 15.3. The SMILES string of the molecule is CCN(CC)P(C)(N(CC)CC)=[P+]([O-])P(=O)(C(C)(C)C)C(C)(C)C. The van der Waals surface area contributed by atoms with Crippen LogP contribution in [0.15, 0.2) is 0 Å². The Hall–Kier alpha value is 0.840. The molecule has 146 valence electrons. The minimum absolute atomic E-state index is 0.472. The van der Waals surface area contributed by atoms with Gasteiger partial charge in [0.2, 0.25) is 0 Å². The monoisotopic (exact) mass is 398 g/mol. The highest BCUT2D eigenvalue weighted by Crippen LogP contribution is 2.88. The van der Waals surface area contributed by atoms with Gasteiger partial charge in [-0.15, -0.1) is 0 Å². The maximum Gasteiger partial charge on any atom is 0.267 e. The Balaban J connectivity index is 7.09. The standard InChI is InChI=1S/C17H41N2O2P3/c1-12-18(13-2)23(11,19(14-3)15-4)22(20)24(21,16(5,6)7)17(8,9)10/h12-15H2,1-11H3. The van der Waals surface area contributed by atoms with Crippen molar-refractivity contribution < 1.29 is 9.46 Å². The van der Waals surface area contributed by atoms with Crippen LogP contribution < -0.4 is 4.89 Å². The molecular formula is C17H41N2O2P3. The Kier molecular flexibility index (Phi) is 8.99. The van der Waals surface area contributed by atoms with Gasteiger partial charge < -0.3 is 4.89 Å². The molecule has 0 amide bonds. The van der Waals surface area contributed by atoms with Crippen LogP contribution in [0.3, 0.4) is 0 Å².